The van der Waals surface area contributed by atoms with Crippen molar-refractivity contribution in [1.29, 1.82) is 0 Å². The Labute approximate surface area is 195 Å². The van der Waals surface area contributed by atoms with Gasteiger partial charge in [-0.1, -0.05) is 29.5 Å². The molecule has 1 unspecified atom stereocenters. The molecule has 33 heavy (non-hydrogen) atoms. The third-order valence-electron chi connectivity index (χ3n) is 5.07. The van der Waals surface area contributed by atoms with Gasteiger partial charge in [0.25, 0.3) is 5.56 Å². The number of hydrogen-bond donors (Lipinski definition) is 0. The Bertz CT molecular complexity index is 1370. The number of carbonyl (C=O) groups excluding carboxylic acids is 1. The highest BCUT2D eigenvalue weighted by molar-refractivity contribution is 7.07. The predicted octanol–water partition coefficient (Wildman–Crippen LogP) is 2.98. The van der Waals surface area contributed by atoms with Gasteiger partial charge in [0.15, 0.2) is 4.80 Å². The van der Waals surface area contributed by atoms with Crippen molar-refractivity contribution in [2.75, 3.05) is 6.61 Å². The number of ether oxygens (including phenoxy) is 2. The first-order valence-corrected chi connectivity index (χ1v) is 11.6. The maximum Gasteiger partial charge on any atom is 0.338 e. The molecule has 0 spiro atoms. The van der Waals surface area contributed by atoms with Gasteiger partial charge < -0.3 is 9.47 Å². The quantitative estimate of drug-likeness (QED) is 0.525. The Morgan fingerprint density at radius 3 is 2.64 bits per heavy atom. The van der Waals surface area contributed by atoms with Crippen LogP contribution in [0.4, 0.5) is 0 Å². The van der Waals surface area contributed by atoms with Gasteiger partial charge in [-0.05, 0) is 63.1 Å². The number of pyridine rings is 1. The lowest BCUT2D eigenvalue weighted by Crippen LogP contribution is -2.39. The van der Waals surface area contributed by atoms with Crippen molar-refractivity contribution >= 4 is 23.4 Å². The molecule has 1 aromatic carbocycles. The van der Waals surface area contributed by atoms with Crippen LogP contribution in [0.2, 0.25) is 0 Å². The summed E-state index contributed by atoms with van der Waals surface area (Å²) < 4.78 is 13.2. The molecule has 7 nitrogen and oxygen atoms in total. The maximum absolute atomic E-state index is 13.5. The Balaban J connectivity index is 1.90. The van der Waals surface area contributed by atoms with E-state index in [0.29, 0.717) is 20.6 Å². The molecule has 8 heteroatoms. The molecular weight excluding hydrogens is 438 g/mol. The normalized spacial score (nSPS) is 15.9. The highest BCUT2D eigenvalue weighted by Crippen LogP contribution is 2.31. The number of thiazole rings is 1. The molecule has 2 aromatic heterocycles. The van der Waals surface area contributed by atoms with Crippen LogP contribution < -0.4 is 19.6 Å². The number of rotatable bonds is 6. The van der Waals surface area contributed by atoms with E-state index in [-0.39, 0.29) is 18.3 Å². The van der Waals surface area contributed by atoms with E-state index >= 15 is 0 Å². The fourth-order valence-corrected chi connectivity index (χ4v) is 4.77. The Morgan fingerprint density at radius 2 is 2.00 bits per heavy atom. The number of carbonyl (C=O) groups is 1. The number of hydrogen-bond acceptors (Lipinski definition) is 7. The molecule has 0 saturated carbocycles. The molecular formula is C25H25N3O4S. The number of esters is 1. The first-order chi connectivity index (χ1) is 15.9. The van der Waals surface area contributed by atoms with E-state index < -0.39 is 12.0 Å². The predicted molar refractivity (Wildman–Crippen MR) is 127 cm³/mol. The zero-order chi connectivity index (χ0) is 23.5. The SMILES string of the molecule is CCOC(=O)C1=C(C)N=c2sc(=Cc3cccnc3)c(=O)n2C1c1ccc(OC(C)C)cc1. The van der Waals surface area contributed by atoms with Crippen molar-refractivity contribution in [2.45, 2.75) is 39.8 Å². The lowest BCUT2D eigenvalue weighted by Gasteiger charge is -2.25. The number of nitrogens with zero attached hydrogens (tertiary/aromatic N) is 3. The third kappa shape index (κ3) is 4.66. The zero-order valence-electron chi connectivity index (χ0n) is 18.9. The van der Waals surface area contributed by atoms with Crippen LogP contribution >= 0.6 is 11.3 Å². The van der Waals surface area contributed by atoms with Crippen LogP contribution in [0.3, 0.4) is 0 Å². The second-order valence-electron chi connectivity index (χ2n) is 7.82. The van der Waals surface area contributed by atoms with E-state index in [1.54, 1.807) is 36.9 Å². The molecule has 1 atom stereocenters. The van der Waals surface area contributed by atoms with E-state index in [1.807, 2.05) is 50.2 Å². The molecule has 0 bridgehead atoms. The van der Waals surface area contributed by atoms with Crippen LogP contribution in [-0.4, -0.2) is 28.2 Å². The molecule has 170 valence electrons. The van der Waals surface area contributed by atoms with Crippen molar-refractivity contribution in [3.8, 4) is 5.75 Å². The molecule has 4 rings (SSSR count). The standard InChI is InChI=1S/C25H25N3O4S/c1-5-31-24(30)21-16(4)27-25-28(22(21)18-8-10-19(11-9-18)32-15(2)3)23(29)20(33-25)13-17-7-6-12-26-14-17/h6-15,22H,5H2,1-4H3. The second kappa shape index (κ2) is 9.54. The zero-order valence-corrected chi connectivity index (χ0v) is 19.8. The van der Waals surface area contributed by atoms with Crippen molar-refractivity contribution in [3.63, 3.8) is 0 Å². The highest BCUT2D eigenvalue weighted by Gasteiger charge is 2.33. The summed E-state index contributed by atoms with van der Waals surface area (Å²) in [5.74, 6) is 0.240. The third-order valence-corrected chi connectivity index (χ3v) is 6.05. The molecule has 0 N–H and O–H groups in total. The van der Waals surface area contributed by atoms with E-state index in [4.69, 9.17) is 9.47 Å². The molecule has 0 amide bonds. The van der Waals surface area contributed by atoms with Crippen LogP contribution in [0.1, 0.15) is 44.9 Å². The van der Waals surface area contributed by atoms with E-state index in [9.17, 15) is 9.59 Å². The summed E-state index contributed by atoms with van der Waals surface area (Å²) in [7, 11) is 0. The van der Waals surface area contributed by atoms with Gasteiger partial charge in [-0.3, -0.25) is 14.3 Å². The Morgan fingerprint density at radius 1 is 1.24 bits per heavy atom. The van der Waals surface area contributed by atoms with Gasteiger partial charge in [-0.15, -0.1) is 0 Å². The lowest BCUT2D eigenvalue weighted by atomic mass is 9.96. The van der Waals surface area contributed by atoms with Crippen molar-refractivity contribution in [1.82, 2.24) is 9.55 Å². The minimum absolute atomic E-state index is 0.0400. The monoisotopic (exact) mass is 463 g/mol. The van der Waals surface area contributed by atoms with Crippen LogP contribution in [0.15, 0.2) is 69.8 Å². The van der Waals surface area contributed by atoms with E-state index in [0.717, 1.165) is 16.9 Å². The van der Waals surface area contributed by atoms with Crippen LogP contribution in [0, 0.1) is 0 Å². The first kappa shape index (κ1) is 22.7. The summed E-state index contributed by atoms with van der Waals surface area (Å²) in [6.45, 7) is 7.67. The summed E-state index contributed by atoms with van der Waals surface area (Å²) in [4.78, 5) is 35.7. The smallest absolute Gasteiger partial charge is 0.338 e. The highest BCUT2D eigenvalue weighted by atomic mass is 32.1. The maximum atomic E-state index is 13.5. The minimum atomic E-state index is -0.649. The molecule has 1 aliphatic heterocycles. The average molecular weight is 464 g/mol. The van der Waals surface area contributed by atoms with Crippen LogP contribution in [0.5, 0.6) is 5.75 Å². The van der Waals surface area contributed by atoms with Crippen LogP contribution in [0.25, 0.3) is 6.08 Å². The molecule has 0 fully saturated rings. The Hall–Kier alpha value is -3.52. The number of allylic oxidation sites excluding steroid dienone is 1. The fraction of sp³-hybridized carbons (Fsp3) is 0.280. The minimum Gasteiger partial charge on any atom is -0.491 e. The first-order valence-electron chi connectivity index (χ1n) is 10.8. The van der Waals surface area contributed by atoms with Crippen LogP contribution in [-0.2, 0) is 9.53 Å². The van der Waals surface area contributed by atoms with Gasteiger partial charge in [0, 0.05) is 12.4 Å². The second-order valence-corrected chi connectivity index (χ2v) is 8.83. The topological polar surface area (TPSA) is 82.8 Å². The molecule has 1 aliphatic rings. The Kier molecular flexibility index (Phi) is 6.55. The van der Waals surface area contributed by atoms with Gasteiger partial charge >= 0.3 is 5.97 Å². The summed E-state index contributed by atoms with van der Waals surface area (Å²) >= 11 is 1.29. The van der Waals surface area contributed by atoms with Gasteiger partial charge in [-0.2, -0.15) is 0 Å². The van der Waals surface area contributed by atoms with Crippen molar-refractivity contribution in [3.05, 3.63) is 90.9 Å². The average Bonchev–Trinajstić information content (AvgIpc) is 3.08. The van der Waals surface area contributed by atoms with Crippen molar-refractivity contribution in [2.24, 2.45) is 4.99 Å². The van der Waals surface area contributed by atoms with E-state index in [1.165, 1.54) is 11.3 Å². The largest absolute Gasteiger partial charge is 0.491 e. The van der Waals surface area contributed by atoms with E-state index in [2.05, 4.69) is 9.98 Å². The molecule has 3 heterocycles. The summed E-state index contributed by atoms with van der Waals surface area (Å²) in [6.07, 6.45) is 5.20. The van der Waals surface area contributed by atoms with Gasteiger partial charge in [0.1, 0.15) is 5.75 Å². The molecule has 3 aromatic rings. The fourth-order valence-electron chi connectivity index (χ4n) is 3.72. The summed E-state index contributed by atoms with van der Waals surface area (Å²) in [6, 6.07) is 10.5. The number of aromatic nitrogens is 2. The summed E-state index contributed by atoms with van der Waals surface area (Å²) in [5.41, 5.74) is 2.27. The van der Waals surface area contributed by atoms with Gasteiger partial charge in [0.2, 0.25) is 0 Å². The van der Waals surface area contributed by atoms with Gasteiger partial charge in [-0.25, -0.2) is 9.79 Å². The molecule has 0 radical (unpaired) electrons. The molecule has 0 saturated heterocycles. The lowest BCUT2D eigenvalue weighted by molar-refractivity contribution is -0.139. The summed E-state index contributed by atoms with van der Waals surface area (Å²) in [5, 5.41) is 0. The van der Waals surface area contributed by atoms with Crippen molar-refractivity contribution < 1.29 is 14.3 Å². The number of fused-ring (bicyclic) bond motifs is 1. The molecule has 0 aliphatic carbocycles. The van der Waals surface area contributed by atoms with Gasteiger partial charge in [0.05, 0.1) is 34.6 Å². The number of benzene rings is 1.